The summed E-state index contributed by atoms with van der Waals surface area (Å²) in [6, 6.07) is 11.4. The number of hydrogen-bond acceptors (Lipinski definition) is 5. The van der Waals surface area contributed by atoms with Crippen LogP contribution in [0, 0.1) is 11.6 Å². The Kier molecular flexibility index (Phi) is 6.94. The molecule has 0 saturated heterocycles. The highest BCUT2D eigenvalue weighted by atomic mass is 79.9. The van der Waals surface area contributed by atoms with Gasteiger partial charge >= 0.3 is 0 Å². The van der Waals surface area contributed by atoms with Crippen molar-refractivity contribution in [2.75, 3.05) is 18.4 Å². The van der Waals surface area contributed by atoms with Crippen molar-refractivity contribution in [3.05, 3.63) is 75.9 Å². The number of nitrogens with one attached hydrogen (secondary N) is 2. The summed E-state index contributed by atoms with van der Waals surface area (Å²) in [6.45, 7) is 0.381. The first kappa shape index (κ1) is 23.6. The van der Waals surface area contributed by atoms with Crippen LogP contribution in [0.15, 0.2) is 64.1 Å². The van der Waals surface area contributed by atoms with E-state index in [2.05, 4.69) is 36.1 Å². The lowest BCUT2D eigenvalue weighted by molar-refractivity contribution is 0.545. The second-order valence-electron chi connectivity index (χ2n) is 6.99. The first-order valence-corrected chi connectivity index (χ1v) is 12.4. The molecule has 7 nitrogen and oxygen atoms in total. The maximum Gasteiger partial charge on any atom is 0.243 e. The number of rotatable bonds is 8. The van der Waals surface area contributed by atoms with Crippen molar-refractivity contribution in [1.82, 2.24) is 19.3 Å². The number of sulfonamides is 1. The molecule has 4 aromatic rings. The molecule has 2 aromatic heterocycles. The summed E-state index contributed by atoms with van der Waals surface area (Å²) >= 11 is 9.76. The largest absolute Gasteiger partial charge is 0.370 e. The van der Waals surface area contributed by atoms with E-state index in [0.29, 0.717) is 45.7 Å². The predicted molar refractivity (Wildman–Crippen MR) is 126 cm³/mol. The molecule has 0 radical (unpaired) electrons. The number of fused-ring (bicyclic) bond motifs is 1. The molecule has 12 heteroatoms. The average Bonchev–Trinajstić information content (AvgIpc) is 3.16. The SMILES string of the molecule is O=S(=O)(NCCCNc1cc(-c2ccccc2Cl)nc2c(Br)cnn12)c1cc(F)ccc1F. The van der Waals surface area contributed by atoms with E-state index in [1.165, 1.54) is 0 Å². The molecule has 4 rings (SSSR count). The number of halogens is 4. The summed E-state index contributed by atoms with van der Waals surface area (Å²) in [4.78, 5) is 3.90. The maximum absolute atomic E-state index is 13.8. The Morgan fingerprint density at radius 2 is 1.88 bits per heavy atom. The van der Waals surface area contributed by atoms with Gasteiger partial charge in [0.05, 0.1) is 16.4 Å². The monoisotopic (exact) mass is 555 g/mol. The molecule has 2 aromatic carbocycles. The third-order valence-corrected chi connectivity index (χ3v) is 7.08. The van der Waals surface area contributed by atoms with Crippen LogP contribution >= 0.6 is 27.5 Å². The van der Waals surface area contributed by atoms with E-state index in [9.17, 15) is 17.2 Å². The Morgan fingerprint density at radius 1 is 1.09 bits per heavy atom. The van der Waals surface area contributed by atoms with Gasteiger partial charge in [0.15, 0.2) is 5.65 Å². The lowest BCUT2D eigenvalue weighted by atomic mass is 10.1. The average molecular weight is 557 g/mol. The lowest BCUT2D eigenvalue weighted by Gasteiger charge is -2.12. The van der Waals surface area contributed by atoms with Crippen LogP contribution in [-0.4, -0.2) is 36.1 Å². The molecule has 2 N–H and O–H groups in total. The standard InChI is InChI=1S/C21H17BrClF2N5O2S/c22-15-12-27-30-20(11-18(29-21(15)30)14-4-1-2-5-16(14)23)26-8-3-9-28-33(31,32)19-10-13(24)6-7-17(19)25/h1-2,4-7,10-12,26,28H,3,8-9H2. The molecule has 0 fully saturated rings. The van der Waals surface area contributed by atoms with Crippen LogP contribution in [0.4, 0.5) is 14.6 Å². The fourth-order valence-corrected chi connectivity index (χ4v) is 4.88. The van der Waals surface area contributed by atoms with E-state index < -0.39 is 26.6 Å². The van der Waals surface area contributed by atoms with Crippen LogP contribution < -0.4 is 10.0 Å². The zero-order valence-electron chi connectivity index (χ0n) is 16.9. The molecular weight excluding hydrogens is 540 g/mol. The third-order valence-electron chi connectivity index (χ3n) is 4.71. The third kappa shape index (κ3) is 5.16. The van der Waals surface area contributed by atoms with Crippen LogP contribution in [0.2, 0.25) is 5.02 Å². The number of benzene rings is 2. The number of hydrogen-bond donors (Lipinski definition) is 2. The zero-order valence-corrected chi connectivity index (χ0v) is 20.1. The highest BCUT2D eigenvalue weighted by Crippen LogP contribution is 2.30. The van der Waals surface area contributed by atoms with E-state index in [0.717, 1.165) is 17.7 Å². The summed E-state index contributed by atoms with van der Waals surface area (Å²) in [5, 5.41) is 8.05. The van der Waals surface area contributed by atoms with Crippen LogP contribution in [0.5, 0.6) is 0 Å². The van der Waals surface area contributed by atoms with Crippen LogP contribution in [0.1, 0.15) is 6.42 Å². The van der Waals surface area contributed by atoms with Gasteiger partial charge in [-0.15, -0.1) is 0 Å². The van der Waals surface area contributed by atoms with Gasteiger partial charge < -0.3 is 5.32 Å². The molecule has 172 valence electrons. The molecule has 0 bridgehead atoms. The van der Waals surface area contributed by atoms with Gasteiger partial charge in [-0.05, 0) is 46.6 Å². The van der Waals surface area contributed by atoms with Crippen molar-refractivity contribution in [2.45, 2.75) is 11.3 Å². The summed E-state index contributed by atoms with van der Waals surface area (Å²) in [5.74, 6) is -1.22. The minimum absolute atomic E-state index is 0.0136. The van der Waals surface area contributed by atoms with Crippen LogP contribution in [-0.2, 0) is 10.0 Å². The highest BCUT2D eigenvalue weighted by molar-refractivity contribution is 9.10. The molecule has 0 aliphatic carbocycles. The van der Waals surface area contributed by atoms with E-state index in [-0.39, 0.29) is 6.54 Å². The molecule has 0 unspecified atom stereocenters. The van der Waals surface area contributed by atoms with Gasteiger partial charge in [0.2, 0.25) is 10.0 Å². The van der Waals surface area contributed by atoms with Crippen molar-refractivity contribution in [3.63, 3.8) is 0 Å². The molecule has 2 heterocycles. The second kappa shape index (κ2) is 9.72. The normalized spacial score (nSPS) is 11.8. The van der Waals surface area contributed by atoms with Gasteiger partial charge in [-0.3, -0.25) is 0 Å². The maximum atomic E-state index is 13.8. The predicted octanol–water partition coefficient (Wildman–Crippen LogP) is 4.87. The molecule has 0 saturated carbocycles. The van der Waals surface area contributed by atoms with Crippen LogP contribution in [0.25, 0.3) is 16.9 Å². The van der Waals surface area contributed by atoms with Gasteiger partial charge in [0.1, 0.15) is 22.3 Å². The topological polar surface area (TPSA) is 88.4 Å². The number of anilines is 1. The molecule has 0 spiro atoms. The van der Waals surface area contributed by atoms with Gasteiger partial charge in [-0.25, -0.2) is 26.9 Å². The molecule has 0 atom stereocenters. The molecule has 0 amide bonds. The fraction of sp³-hybridized carbons (Fsp3) is 0.143. The van der Waals surface area contributed by atoms with E-state index >= 15 is 0 Å². The Bertz CT molecular complexity index is 1430. The summed E-state index contributed by atoms with van der Waals surface area (Å²) in [6.07, 6.45) is 1.98. The molecule has 0 aliphatic rings. The second-order valence-corrected chi connectivity index (χ2v) is 9.98. The van der Waals surface area contributed by atoms with Gasteiger partial charge in [0.25, 0.3) is 0 Å². The molecular formula is C21H17BrClF2N5O2S. The van der Waals surface area contributed by atoms with Gasteiger partial charge in [0, 0.05) is 29.7 Å². The van der Waals surface area contributed by atoms with Gasteiger partial charge in [-0.2, -0.15) is 9.61 Å². The Labute approximate surface area is 202 Å². The van der Waals surface area contributed by atoms with E-state index in [4.69, 9.17) is 11.6 Å². The van der Waals surface area contributed by atoms with Crippen molar-refractivity contribution >= 4 is 49.0 Å². The summed E-state index contributed by atoms with van der Waals surface area (Å²) in [7, 11) is -4.18. The Hall–Kier alpha value is -2.60. The highest BCUT2D eigenvalue weighted by Gasteiger charge is 2.19. The number of nitrogens with zero attached hydrogens (tertiary/aromatic N) is 3. The molecule has 33 heavy (non-hydrogen) atoms. The fourth-order valence-electron chi connectivity index (χ4n) is 3.14. The summed E-state index contributed by atoms with van der Waals surface area (Å²) < 4.78 is 56.2. The lowest BCUT2D eigenvalue weighted by Crippen LogP contribution is -2.27. The van der Waals surface area contributed by atoms with Crippen molar-refractivity contribution in [3.8, 4) is 11.3 Å². The Balaban J connectivity index is 1.46. The minimum atomic E-state index is -4.18. The Morgan fingerprint density at radius 3 is 2.67 bits per heavy atom. The van der Waals surface area contributed by atoms with E-state index in [1.807, 2.05) is 18.2 Å². The number of aromatic nitrogens is 3. The van der Waals surface area contributed by atoms with E-state index in [1.54, 1.807) is 22.8 Å². The smallest absolute Gasteiger partial charge is 0.243 e. The van der Waals surface area contributed by atoms with Crippen molar-refractivity contribution < 1.29 is 17.2 Å². The first-order valence-electron chi connectivity index (χ1n) is 9.74. The van der Waals surface area contributed by atoms with Crippen molar-refractivity contribution in [1.29, 1.82) is 0 Å². The van der Waals surface area contributed by atoms with Gasteiger partial charge in [-0.1, -0.05) is 29.8 Å². The first-order chi connectivity index (χ1) is 15.8. The molecule has 0 aliphatic heterocycles. The van der Waals surface area contributed by atoms with Crippen LogP contribution in [0.3, 0.4) is 0 Å². The van der Waals surface area contributed by atoms with Crippen molar-refractivity contribution in [2.24, 2.45) is 0 Å². The quantitative estimate of drug-likeness (QED) is 0.302. The zero-order chi connectivity index (χ0) is 23.6. The summed E-state index contributed by atoms with van der Waals surface area (Å²) in [5.41, 5.74) is 1.97. The minimum Gasteiger partial charge on any atom is -0.370 e.